The van der Waals surface area contributed by atoms with Crippen LogP contribution in [0.4, 0.5) is 10.7 Å². The summed E-state index contributed by atoms with van der Waals surface area (Å²) in [4.78, 5) is 26.0. The smallest absolute Gasteiger partial charge is 0.258 e. The highest BCUT2D eigenvalue weighted by molar-refractivity contribution is 7.99. The van der Waals surface area contributed by atoms with Crippen LogP contribution in [0.2, 0.25) is 0 Å². The fraction of sp³-hybridized carbons (Fsp3) is 0.333. The number of rotatable bonds is 5. The minimum absolute atomic E-state index is 0.0196. The molecule has 7 nitrogen and oxygen atoms in total. The molecule has 1 aliphatic carbocycles. The summed E-state index contributed by atoms with van der Waals surface area (Å²) in [5, 5.41) is 22.4. The lowest BCUT2D eigenvalue weighted by atomic mass is 9.72. The molecular weight excluding hydrogens is 454 g/mol. The second kappa shape index (κ2) is 9.41. The second-order valence-electron chi connectivity index (χ2n) is 8.97. The van der Waals surface area contributed by atoms with Gasteiger partial charge in [0, 0.05) is 46.1 Å². The molecule has 0 saturated carbocycles. The highest BCUT2D eigenvalue weighted by Crippen LogP contribution is 2.45. The minimum atomic E-state index is -0.429. The summed E-state index contributed by atoms with van der Waals surface area (Å²) in [5.41, 5.74) is 2.52. The van der Waals surface area contributed by atoms with E-state index in [0.717, 1.165) is 29.7 Å². The molecule has 1 aromatic carbocycles. The van der Waals surface area contributed by atoms with Crippen LogP contribution in [-0.2, 0) is 12.8 Å². The summed E-state index contributed by atoms with van der Waals surface area (Å²) in [6.45, 7) is 6.79. The molecule has 0 radical (unpaired) electrons. The molecule has 1 atom stereocenters. The van der Waals surface area contributed by atoms with Crippen LogP contribution in [0.25, 0.3) is 0 Å². The van der Waals surface area contributed by atoms with E-state index >= 15 is 0 Å². The molecular formula is C24H23N5O2S2. The number of nitro groups is 1. The zero-order valence-corrected chi connectivity index (χ0v) is 20.2. The average molecular weight is 478 g/mol. The van der Waals surface area contributed by atoms with Gasteiger partial charge in [0.1, 0.15) is 11.1 Å². The third kappa shape index (κ3) is 5.13. The van der Waals surface area contributed by atoms with E-state index in [1.165, 1.54) is 28.8 Å². The van der Waals surface area contributed by atoms with Gasteiger partial charge in [0.25, 0.3) is 5.69 Å². The monoisotopic (exact) mass is 477 g/mol. The number of aromatic nitrogens is 2. The Morgan fingerprint density at radius 3 is 2.76 bits per heavy atom. The van der Waals surface area contributed by atoms with Crippen LogP contribution >= 0.6 is 23.1 Å². The van der Waals surface area contributed by atoms with Crippen LogP contribution in [0, 0.1) is 32.8 Å². The summed E-state index contributed by atoms with van der Waals surface area (Å²) < 4.78 is 0. The summed E-state index contributed by atoms with van der Waals surface area (Å²) in [6, 6.07) is 8.70. The molecule has 0 spiro atoms. The van der Waals surface area contributed by atoms with Gasteiger partial charge in [0.2, 0.25) is 0 Å². The Hall–Kier alpha value is -3.09. The topological polar surface area (TPSA) is 105 Å². The molecule has 2 aromatic heterocycles. The number of non-ortho nitro benzene ring substituents is 1. The molecule has 33 heavy (non-hydrogen) atoms. The van der Waals surface area contributed by atoms with Gasteiger partial charge in [-0.05, 0) is 60.1 Å². The Bertz CT molecular complexity index is 1260. The van der Waals surface area contributed by atoms with E-state index in [1.807, 2.05) is 0 Å². The van der Waals surface area contributed by atoms with Gasteiger partial charge in [-0.25, -0.2) is 15.0 Å². The predicted molar refractivity (Wildman–Crippen MR) is 131 cm³/mol. The lowest BCUT2D eigenvalue weighted by molar-refractivity contribution is -0.384. The third-order valence-electron chi connectivity index (χ3n) is 5.85. The van der Waals surface area contributed by atoms with Crippen LogP contribution in [0.15, 0.2) is 51.7 Å². The maximum absolute atomic E-state index is 11.3. The number of nitriles is 1. The normalized spacial score (nSPS) is 15.9. The van der Waals surface area contributed by atoms with Crippen molar-refractivity contribution in [1.29, 1.82) is 5.26 Å². The Kier molecular flexibility index (Phi) is 6.58. The lowest BCUT2D eigenvalue weighted by Gasteiger charge is -2.33. The molecule has 0 amide bonds. The van der Waals surface area contributed by atoms with Gasteiger partial charge < -0.3 is 0 Å². The van der Waals surface area contributed by atoms with Crippen molar-refractivity contribution in [2.45, 2.75) is 50.1 Å². The quantitative estimate of drug-likeness (QED) is 0.183. The van der Waals surface area contributed by atoms with E-state index in [4.69, 9.17) is 0 Å². The van der Waals surface area contributed by atoms with Gasteiger partial charge in [-0.2, -0.15) is 5.26 Å². The van der Waals surface area contributed by atoms with Crippen LogP contribution in [-0.4, -0.2) is 21.1 Å². The van der Waals surface area contributed by atoms with Crippen molar-refractivity contribution in [3.05, 3.63) is 68.3 Å². The minimum Gasteiger partial charge on any atom is -0.258 e. The molecule has 1 aliphatic rings. The van der Waals surface area contributed by atoms with Gasteiger partial charge in [0.15, 0.2) is 5.16 Å². The van der Waals surface area contributed by atoms with Crippen molar-refractivity contribution in [3.8, 4) is 6.07 Å². The number of aliphatic imine (C=N–C) groups is 1. The molecule has 0 bridgehead atoms. The van der Waals surface area contributed by atoms with E-state index in [9.17, 15) is 15.4 Å². The lowest BCUT2D eigenvalue weighted by Crippen LogP contribution is -2.26. The van der Waals surface area contributed by atoms with E-state index in [0.29, 0.717) is 27.2 Å². The number of benzene rings is 1. The largest absolute Gasteiger partial charge is 0.270 e. The molecule has 0 N–H and O–H groups in total. The molecule has 0 fully saturated rings. The summed E-state index contributed by atoms with van der Waals surface area (Å²) in [5.74, 6) is 0.567. The van der Waals surface area contributed by atoms with Gasteiger partial charge in [-0.15, -0.1) is 11.3 Å². The van der Waals surface area contributed by atoms with Crippen LogP contribution in [0.1, 0.15) is 48.8 Å². The number of hydrogen-bond acceptors (Lipinski definition) is 8. The summed E-state index contributed by atoms with van der Waals surface area (Å²) >= 11 is 2.87. The van der Waals surface area contributed by atoms with Gasteiger partial charge in [-0.1, -0.05) is 20.8 Å². The number of nitrogens with zero attached hydrogens (tertiary/aromatic N) is 5. The van der Waals surface area contributed by atoms with Crippen LogP contribution in [0.3, 0.4) is 0 Å². The molecule has 0 saturated heterocycles. The van der Waals surface area contributed by atoms with Crippen molar-refractivity contribution in [1.82, 2.24) is 9.97 Å². The second-order valence-corrected chi connectivity index (χ2v) is 11.1. The fourth-order valence-electron chi connectivity index (χ4n) is 3.92. The van der Waals surface area contributed by atoms with Gasteiger partial charge >= 0.3 is 0 Å². The van der Waals surface area contributed by atoms with E-state index in [1.54, 1.807) is 42.1 Å². The van der Waals surface area contributed by atoms with Crippen molar-refractivity contribution in [2.24, 2.45) is 16.3 Å². The fourth-order valence-corrected chi connectivity index (χ4v) is 5.94. The Labute approximate surface area is 200 Å². The highest BCUT2D eigenvalue weighted by atomic mass is 32.2. The van der Waals surface area contributed by atoms with Crippen molar-refractivity contribution in [2.75, 3.05) is 0 Å². The first-order chi connectivity index (χ1) is 15.8. The van der Waals surface area contributed by atoms with Crippen LogP contribution < -0.4 is 0 Å². The molecule has 3 aromatic rings. The highest BCUT2D eigenvalue weighted by Gasteiger charge is 2.32. The molecule has 9 heteroatoms. The summed E-state index contributed by atoms with van der Waals surface area (Å²) in [7, 11) is 0. The van der Waals surface area contributed by atoms with Crippen molar-refractivity contribution < 1.29 is 4.92 Å². The molecule has 0 unspecified atom stereocenters. The first-order valence-electron chi connectivity index (χ1n) is 10.6. The SMILES string of the molecule is CC(C)(C)[C@@H]1CCc2c(sc(N=Cc3cc([N+](=O)[O-])ccc3Sc3ncccn3)c2C#N)C1. The average Bonchev–Trinajstić information content (AvgIpc) is 3.15. The van der Waals surface area contributed by atoms with E-state index in [2.05, 4.69) is 41.8 Å². The van der Waals surface area contributed by atoms with Crippen molar-refractivity contribution in [3.63, 3.8) is 0 Å². The predicted octanol–water partition coefficient (Wildman–Crippen LogP) is 6.37. The Balaban J connectivity index is 1.69. The number of thiophene rings is 1. The number of fused-ring (bicyclic) bond motifs is 1. The van der Waals surface area contributed by atoms with Crippen molar-refractivity contribution >= 4 is 40.0 Å². The maximum Gasteiger partial charge on any atom is 0.270 e. The molecule has 4 rings (SSSR count). The first kappa shape index (κ1) is 23.1. The van der Waals surface area contributed by atoms with E-state index in [-0.39, 0.29) is 11.1 Å². The zero-order valence-electron chi connectivity index (χ0n) is 18.6. The third-order valence-corrected chi connectivity index (χ3v) is 8.00. The maximum atomic E-state index is 11.3. The van der Waals surface area contributed by atoms with Gasteiger partial charge in [0.05, 0.1) is 10.5 Å². The molecule has 168 valence electrons. The molecule has 0 aliphatic heterocycles. The Morgan fingerprint density at radius 1 is 1.33 bits per heavy atom. The summed E-state index contributed by atoms with van der Waals surface area (Å²) in [6.07, 6.45) is 7.81. The number of hydrogen-bond donors (Lipinski definition) is 0. The first-order valence-corrected chi connectivity index (χ1v) is 12.2. The zero-order chi connectivity index (χ0) is 23.6. The molecule has 2 heterocycles. The Morgan fingerprint density at radius 2 is 2.09 bits per heavy atom. The standard InChI is InChI=1S/C24H23N5O2S2/c1-24(2,3)16-5-7-18-19(13-25)22(32-21(18)12-16)28-14-15-11-17(29(30)31)6-8-20(15)33-23-26-9-4-10-27-23/h4,6,8-11,14,16H,5,7,12H2,1-3H3/t16-/m1/s1. The van der Waals surface area contributed by atoms with Crippen LogP contribution in [0.5, 0.6) is 0 Å². The van der Waals surface area contributed by atoms with Gasteiger partial charge in [-0.3, -0.25) is 10.1 Å². The number of nitro benzene ring substituents is 1. The van der Waals surface area contributed by atoms with E-state index < -0.39 is 4.92 Å².